The van der Waals surface area contributed by atoms with E-state index in [1.54, 1.807) is 0 Å². The van der Waals surface area contributed by atoms with E-state index in [0.717, 1.165) is 42.7 Å². The molecule has 6 amide bonds. The summed E-state index contributed by atoms with van der Waals surface area (Å²) in [6.07, 6.45) is -0.966. The highest BCUT2D eigenvalue weighted by atomic mass is 16.6. The van der Waals surface area contributed by atoms with Crippen molar-refractivity contribution in [2.24, 2.45) is 0 Å². The largest absolute Gasteiger partial charge is 0.467 e. The zero-order valence-electron chi connectivity index (χ0n) is 77.3. The summed E-state index contributed by atoms with van der Waals surface area (Å²) < 4.78 is 63.7. The molecule has 144 heavy (non-hydrogen) atoms. The fourth-order valence-corrected chi connectivity index (χ4v) is 14.4. The van der Waals surface area contributed by atoms with Crippen LogP contribution in [0.25, 0.3) is 0 Å². The third kappa shape index (κ3) is 27.7. The van der Waals surface area contributed by atoms with Crippen LogP contribution in [0.3, 0.4) is 0 Å². The maximum atomic E-state index is 13.8. The molecule has 732 valence electrons. The lowest BCUT2D eigenvalue weighted by Crippen LogP contribution is -2.44. The van der Waals surface area contributed by atoms with Crippen molar-refractivity contribution in [3.05, 3.63) is 374 Å². The summed E-state index contributed by atoms with van der Waals surface area (Å²) in [6, 6.07) is 55.2. The van der Waals surface area contributed by atoms with Crippen molar-refractivity contribution in [3.8, 4) is 34.5 Å². The van der Waals surface area contributed by atoms with Crippen LogP contribution in [0.2, 0.25) is 0 Å². The van der Waals surface area contributed by atoms with Crippen LogP contribution in [0.1, 0.15) is 158 Å². The zero-order chi connectivity index (χ0) is 103. The van der Waals surface area contributed by atoms with E-state index >= 15 is 0 Å². The van der Waals surface area contributed by atoms with E-state index in [1.165, 1.54) is 273 Å². The van der Waals surface area contributed by atoms with Crippen LogP contribution in [0, 0.1) is 0 Å². The highest BCUT2D eigenvalue weighted by molar-refractivity contribution is 6.04. The third-order valence-electron chi connectivity index (χ3n) is 21.8. The van der Waals surface area contributed by atoms with Crippen molar-refractivity contribution in [2.75, 3.05) is 42.7 Å². The molecule has 0 aliphatic carbocycles. The Hall–Kier alpha value is -19.1. The molecule has 3 aromatic heterocycles. The number of aromatic nitrogens is 3. The number of amides is 6. The van der Waals surface area contributed by atoms with E-state index in [0.29, 0.717) is 33.4 Å². The van der Waals surface area contributed by atoms with Crippen molar-refractivity contribution >= 4 is 107 Å². The summed E-state index contributed by atoms with van der Waals surface area (Å²) in [7, 11) is 6.62. The van der Waals surface area contributed by atoms with Crippen molar-refractivity contribution < 1.29 is 143 Å². The number of benzene rings is 9. The van der Waals surface area contributed by atoms with Crippen molar-refractivity contribution in [1.82, 2.24) is 46.9 Å². The average molecular weight is 1950 g/mol. The topological polar surface area (TPSA) is 529 Å². The fourth-order valence-electron chi connectivity index (χ4n) is 14.4. The lowest BCUT2D eigenvalue weighted by Gasteiger charge is -2.18. The van der Waals surface area contributed by atoms with Crippen LogP contribution < -0.4 is 60.3 Å². The Kier molecular flexibility index (Phi) is 34.3. The van der Waals surface area contributed by atoms with E-state index in [9.17, 15) is 86.3 Å². The van der Waals surface area contributed by atoms with E-state index in [4.69, 9.17) is 56.8 Å². The van der Waals surface area contributed by atoms with Gasteiger partial charge in [0.25, 0.3) is 35.4 Å². The SMILES string of the molecule is COC(=O)C1Cc2ccc(cc2)OC(=O)c2cccc(c2)C(=O)Oc2ccc(cc2)CC(C(=O)OC)NC(=O)c2cccc(n2)C(=O)NC(C(=O)OC)Cc2ccc(cc2)OC(=O)c2cccc(c2)C(=O)Oc2ccc(cc2)CC(C(=O)OC)NC(=O)c2cccc(n2)C(=O)NC(C(=O)OC)Cc2ccc(cc2)OC(=O)c2cccc(c2)C(=O)Oc2ccc(cc2)CC(C(=O)OC)NC(=O)c2cccc(n2)C(=O)N1. The Morgan fingerprint density at radius 2 is 0.340 bits per heavy atom. The van der Waals surface area contributed by atoms with E-state index in [1.807, 2.05) is 0 Å². The molecule has 13 heterocycles. The van der Waals surface area contributed by atoms with Crippen molar-refractivity contribution in [3.63, 3.8) is 0 Å². The lowest BCUT2D eigenvalue weighted by molar-refractivity contribution is -0.143. The maximum absolute atomic E-state index is 13.8. The number of esters is 12. The van der Waals surface area contributed by atoms with Crippen LogP contribution in [-0.2, 0) is 95.7 Å². The van der Waals surface area contributed by atoms with Crippen molar-refractivity contribution in [1.29, 1.82) is 0 Å². The van der Waals surface area contributed by atoms with Gasteiger partial charge < -0.3 is 88.7 Å². The summed E-state index contributed by atoms with van der Waals surface area (Å²) in [4.78, 5) is 256. The van der Waals surface area contributed by atoms with E-state index < -0.39 is 143 Å². The van der Waals surface area contributed by atoms with Gasteiger partial charge in [0.05, 0.1) is 76.0 Å². The highest BCUT2D eigenvalue weighted by Gasteiger charge is 2.33. The second-order valence-electron chi connectivity index (χ2n) is 31.7. The number of hydrogen-bond acceptors (Lipinski definition) is 33. The number of nitrogens with zero attached hydrogens (tertiary/aromatic N) is 3. The number of nitrogens with one attached hydrogen (secondary N) is 6. The number of carbonyl (C=O) groups is 18. The minimum atomic E-state index is -1.33. The molecule has 10 aliphatic heterocycles. The minimum Gasteiger partial charge on any atom is -0.467 e. The van der Waals surface area contributed by atoms with Gasteiger partial charge in [-0.15, -0.1) is 0 Å². The molecule has 6 N–H and O–H groups in total. The highest BCUT2D eigenvalue weighted by Crippen LogP contribution is 2.27. The van der Waals surface area contributed by atoms with Crippen LogP contribution in [0.4, 0.5) is 0 Å². The van der Waals surface area contributed by atoms with Gasteiger partial charge in [-0.3, -0.25) is 28.8 Å². The first kappa shape index (κ1) is 102. The molecule has 0 radical (unpaired) electrons. The molecule has 24 bridgehead atoms. The molecule has 6 unspecified atom stereocenters. The molecule has 0 spiro atoms. The standard InChI is InChI=1S/C105H87N9O30/c1-133-100(127)82-49-58-25-37-70(38-26-58)139-94(121)64-13-7-14-65(55-64)95(122)140-72-41-29-60(30-42-72)51-84(102(129)135-3)111-90(117)78-21-11-22-79(107-78)91(118)112-86(104(131)137-5)53-62-33-45-74(46-34-62)143-98(125)68-17-9-18-69(57-68)99(126)144-75-47-35-63(36-48-75)54-87(105(132)138-6)114-93(120)81-24-12-23-80(108-81)92(119)113-85(103(130)136-4)52-61-31-43-73(44-32-61)142-97(124)67-16-8-15-66(56-67)96(123)141-71-39-27-59(28-40-71)50-83(101(128)134-2)110-89(116)77-20-10-19-76(106-77)88(115)109-82/h7-48,55-57,82-87H,49-54H2,1-6H3,(H,109,115)(H,110,116)(H,111,117)(H,112,118)(H,113,119)(H,114,120). The van der Waals surface area contributed by atoms with Gasteiger partial charge in [0.15, 0.2) is 0 Å². The second-order valence-corrected chi connectivity index (χ2v) is 31.7. The molecular weight excluding hydrogens is 1870 g/mol. The normalized spacial score (nSPS) is 17.0. The number of carbonyl (C=O) groups excluding carboxylic acids is 18. The molecular formula is C105H87N9O30. The van der Waals surface area contributed by atoms with Gasteiger partial charge in [-0.25, -0.2) is 72.5 Å². The van der Waals surface area contributed by atoms with Crippen LogP contribution in [0.15, 0.2) is 273 Å². The Labute approximate surface area is 818 Å². The van der Waals surface area contributed by atoms with Gasteiger partial charge in [-0.1, -0.05) is 109 Å². The first-order valence-electron chi connectivity index (χ1n) is 43.8. The van der Waals surface area contributed by atoms with Crippen LogP contribution in [-0.4, -0.2) is 201 Å². The Balaban J connectivity index is 0.681. The number of pyridine rings is 3. The van der Waals surface area contributed by atoms with E-state index in [-0.39, 0.29) is 141 Å². The van der Waals surface area contributed by atoms with Gasteiger partial charge in [0.1, 0.15) is 105 Å². The maximum Gasteiger partial charge on any atom is 0.343 e. The molecule has 9 aromatic carbocycles. The summed E-state index contributed by atoms with van der Waals surface area (Å²) in [5.41, 5.74) is 0.511. The quantitative estimate of drug-likeness (QED) is 0.0515. The van der Waals surface area contributed by atoms with Gasteiger partial charge in [-0.05, 0) is 197 Å². The monoisotopic (exact) mass is 1950 g/mol. The molecule has 0 saturated carbocycles. The second kappa shape index (κ2) is 48.3. The number of ether oxygens (including phenoxy) is 12. The lowest BCUT2D eigenvalue weighted by atomic mass is 10.1. The first-order valence-corrected chi connectivity index (χ1v) is 43.8. The predicted octanol–water partition coefficient (Wildman–Crippen LogP) is 8.58. The van der Waals surface area contributed by atoms with E-state index in [2.05, 4.69) is 46.9 Å². The first-order chi connectivity index (χ1) is 69.4. The van der Waals surface area contributed by atoms with Gasteiger partial charge in [-0.2, -0.15) is 0 Å². The summed E-state index contributed by atoms with van der Waals surface area (Å²) in [5.74, 6) is -15.6. The van der Waals surface area contributed by atoms with Crippen molar-refractivity contribution in [2.45, 2.75) is 74.8 Å². The Morgan fingerprint density at radius 1 is 0.208 bits per heavy atom. The fraction of sp³-hybridized carbons (Fsp3) is 0.171. The molecule has 10 aliphatic rings. The minimum absolute atomic E-state index is 0.0437. The number of rotatable bonds is 6. The summed E-state index contributed by atoms with van der Waals surface area (Å²) >= 11 is 0. The van der Waals surface area contributed by atoms with Gasteiger partial charge in [0, 0.05) is 38.5 Å². The molecule has 39 heteroatoms. The number of hydrogen-bond donors (Lipinski definition) is 6. The van der Waals surface area contributed by atoms with Gasteiger partial charge >= 0.3 is 71.6 Å². The Bertz CT molecular complexity index is 5880. The smallest absolute Gasteiger partial charge is 0.343 e. The molecule has 12 aromatic rings. The summed E-state index contributed by atoms with van der Waals surface area (Å²) in [5, 5.41) is 15.4. The third-order valence-corrected chi connectivity index (χ3v) is 21.8. The van der Waals surface area contributed by atoms with Gasteiger partial charge in [0.2, 0.25) is 0 Å². The van der Waals surface area contributed by atoms with Crippen LogP contribution >= 0.6 is 0 Å². The Morgan fingerprint density at radius 3 is 0.472 bits per heavy atom. The number of methoxy groups -OCH3 is 6. The molecule has 39 nitrogen and oxygen atoms in total. The molecule has 0 saturated heterocycles. The predicted molar refractivity (Wildman–Crippen MR) is 502 cm³/mol. The molecule has 0 fully saturated rings. The zero-order valence-corrected chi connectivity index (χ0v) is 77.3. The summed E-state index contributed by atoms with van der Waals surface area (Å²) in [6.45, 7) is 0. The molecule has 22 rings (SSSR count). The average Bonchev–Trinajstić information content (AvgIpc) is 0.848. The van der Waals surface area contributed by atoms with Crippen LogP contribution in [0.5, 0.6) is 34.5 Å². The molecule has 6 atom stereocenters.